The van der Waals surface area contributed by atoms with Crippen LogP contribution in [-0.2, 0) is 33.3 Å². The lowest BCUT2D eigenvalue weighted by molar-refractivity contribution is -0.190. The number of aliphatic hydroxyl groups is 1. The van der Waals surface area contributed by atoms with Gasteiger partial charge in [0.1, 0.15) is 23.9 Å². The van der Waals surface area contributed by atoms with Crippen LogP contribution in [0.15, 0.2) is 42.0 Å². The Labute approximate surface area is 310 Å². The zero-order valence-electron chi connectivity index (χ0n) is 31.9. The first kappa shape index (κ1) is 40.1. The van der Waals surface area contributed by atoms with Gasteiger partial charge in [0.15, 0.2) is 5.79 Å². The number of epoxide rings is 1. The van der Waals surface area contributed by atoms with Crippen LogP contribution in [0.25, 0.3) is 6.08 Å². The lowest BCUT2D eigenvalue weighted by Gasteiger charge is -2.31. The van der Waals surface area contributed by atoms with Crippen molar-refractivity contribution in [3.63, 3.8) is 0 Å². The molecular formula is C42H61NO9. The third-order valence-corrected chi connectivity index (χ3v) is 10.5. The third-order valence-electron chi connectivity index (χ3n) is 10.5. The van der Waals surface area contributed by atoms with Gasteiger partial charge >= 0.3 is 11.9 Å². The summed E-state index contributed by atoms with van der Waals surface area (Å²) in [5.74, 6) is -1.61. The van der Waals surface area contributed by atoms with E-state index in [1.165, 1.54) is 0 Å². The zero-order valence-corrected chi connectivity index (χ0v) is 31.9. The fraction of sp³-hybridized carbons (Fsp3) is 0.690. The maximum Gasteiger partial charge on any atom is 0.338 e. The molecular weight excluding hydrogens is 662 g/mol. The van der Waals surface area contributed by atoms with Gasteiger partial charge in [-0.05, 0) is 89.0 Å². The molecule has 7 atom stereocenters. The second-order valence-electron chi connectivity index (χ2n) is 16.1. The van der Waals surface area contributed by atoms with Crippen molar-refractivity contribution in [2.75, 3.05) is 6.61 Å². The number of nitrogens with one attached hydrogen (secondary N) is 1. The predicted molar refractivity (Wildman–Crippen MR) is 198 cm³/mol. The van der Waals surface area contributed by atoms with Crippen molar-refractivity contribution in [2.24, 2.45) is 5.92 Å². The van der Waals surface area contributed by atoms with E-state index in [0.717, 1.165) is 76.2 Å². The number of carbonyl (C=O) groups is 3. The zero-order chi connectivity index (χ0) is 37.3. The van der Waals surface area contributed by atoms with Gasteiger partial charge in [0.25, 0.3) is 0 Å². The first-order valence-corrected chi connectivity index (χ1v) is 19.8. The summed E-state index contributed by atoms with van der Waals surface area (Å²) in [5.41, 5.74) is 1.19. The average molecular weight is 724 g/mol. The molecule has 7 unspecified atom stereocenters. The van der Waals surface area contributed by atoms with Crippen LogP contribution in [0.2, 0.25) is 0 Å². The highest BCUT2D eigenvalue weighted by molar-refractivity contribution is 5.94. The van der Waals surface area contributed by atoms with Crippen molar-refractivity contribution in [3.8, 4) is 0 Å². The van der Waals surface area contributed by atoms with Gasteiger partial charge in [0.05, 0.1) is 30.4 Å². The molecule has 1 saturated carbocycles. The molecule has 1 amide bonds. The van der Waals surface area contributed by atoms with Gasteiger partial charge in [-0.1, -0.05) is 63.8 Å². The third kappa shape index (κ3) is 11.5. The normalized spacial score (nSPS) is 26.9. The molecule has 3 fully saturated rings. The molecule has 0 spiro atoms. The van der Waals surface area contributed by atoms with Crippen LogP contribution < -0.4 is 5.32 Å². The number of fused-ring (bicyclic) bond motifs is 2. The molecule has 10 nitrogen and oxygen atoms in total. The Balaban J connectivity index is 1.28. The van der Waals surface area contributed by atoms with E-state index in [1.807, 2.05) is 12.1 Å². The summed E-state index contributed by atoms with van der Waals surface area (Å²) in [5, 5.41) is 12.9. The smallest absolute Gasteiger partial charge is 0.338 e. The molecule has 10 heteroatoms. The molecule has 2 aliphatic carbocycles. The van der Waals surface area contributed by atoms with Crippen LogP contribution in [0.4, 0.5) is 0 Å². The van der Waals surface area contributed by atoms with Gasteiger partial charge in [-0.15, -0.1) is 0 Å². The van der Waals surface area contributed by atoms with Gasteiger partial charge in [0.2, 0.25) is 5.91 Å². The number of rotatable bonds is 18. The topological polar surface area (TPSA) is 133 Å². The number of benzene rings is 1. The van der Waals surface area contributed by atoms with E-state index in [9.17, 15) is 19.5 Å². The second kappa shape index (κ2) is 18.3. The van der Waals surface area contributed by atoms with E-state index >= 15 is 0 Å². The molecule has 0 bridgehead atoms. The minimum absolute atomic E-state index is 0.0484. The highest BCUT2D eigenvalue weighted by atomic mass is 16.8. The van der Waals surface area contributed by atoms with Crippen LogP contribution in [0.3, 0.4) is 0 Å². The average Bonchev–Trinajstić information content (AvgIpc) is 3.79. The Morgan fingerprint density at radius 2 is 1.71 bits per heavy atom. The summed E-state index contributed by atoms with van der Waals surface area (Å²) in [6.07, 6.45) is 16.4. The number of hydrogen-bond acceptors (Lipinski definition) is 9. The number of carbonyl (C=O) groups excluding carboxylic acids is 3. The van der Waals surface area contributed by atoms with Gasteiger partial charge < -0.3 is 34.1 Å². The predicted octanol–water partition coefficient (Wildman–Crippen LogP) is 7.36. The Bertz CT molecular complexity index is 1400. The van der Waals surface area contributed by atoms with Crippen LogP contribution in [0, 0.1) is 5.92 Å². The second-order valence-corrected chi connectivity index (χ2v) is 16.1. The lowest BCUT2D eigenvalue weighted by Crippen LogP contribution is -2.45. The Kier molecular flexibility index (Phi) is 14.1. The summed E-state index contributed by atoms with van der Waals surface area (Å²) in [7, 11) is 0. The highest BCUT2D eigenvalue weighted by Crippen LogP contribution is 2.43. The first-order chi connectivity index (χ1) is 24.9. The quantitative estimate of drug-likeness (QED) is 0.0906. The molecule has 52 heavy (non-hydrogen) atoms. The van der Waals surface area contributed by atoms with Crippen molar-refractivity contribution in [1.82, 2.24) is 5.32 Å². The minimum Gasteiger partial charge on any atom is -0.460 e. The van der Waals surface area contributed by atoms with Crippen LogP contribution in [-0.4, -0.2) is 77.5 Å². The highest BCUT2D eigenvalue weighted by Gasteiger charge is 2.52. The Morgan fingerprint density at radius 1 is 1.00 bits per heavy atom. The number of allylic oxidation sites excluding steroid dienone is 1. The first-order valence-electron chi connectivity index (χ1n) is 19.8. The summed E-state index contributed by atoms with van der Waals surface area (Å²) >= 11 is 0. The standard InChI is InChI=1S/C42H61NO9/c1-6-8-10-22-42(23-11-9-7-2)50-36-26-31(39(46)43-32(27-44)19-21-37(45)51-41(3,4)5)25-35(38(36)52-42)49-40(47)30-17-14-28(15-18-30)12-13-29-16-20-33-34(24-29)48-33/h12-15,17-18,26,29,32-36,38,44H,6-11,16,19-25,27H2,1-5H3,(H,43,46). The maximum atomic E-state index is 13.7. The van der Waals surface area contributed by atoms with Crippen LogP contribution in [0.1, 0.15) is 140 Å². The fourth-order valence-electron chi connectivity index (χ4n) is 7.56. The van der Waals surface area contributed by atoms with Crippen molar-refractivity contribution < 1.29 is 43.2 Å². The molecule has 2 aliphatic heterocycles. The lowest BCUT2D eigenvalue weighted by atomic mass is 9.89. The number of hydrogen-bond donors (Lipinski definition) is 2. The van der Waals surface area contributed by atoms with Crippen LogP contribution >= 0.6 is 0 Å². The van der Waals surface area contributed by atoms with E-state index in [2.05, 4.69) is 31.3 Å². The number of amides is 1. The molecule has 2 heterocycles. The van der Waals surface area contributed by atoms with Crippen molar-refractivity contribution >= 4 is 23.9 Å². The minimum atomic E-state index is -0.827. The van der Waals surface area contributed by atoms with E-state index in [1.54, 1.807) is 39.0 Å². The van der Waals surface area contributed by atoms with Gasteiger partial charge in [-0.2, -0.15) is 0 Å². The SMILES string of the molecule is CCCCCC1(CCCCC)OC2C=C(C(=O)NC(CO)CCC(=O)OC(C)(C)C)CC(OC(=O)c3ccc(C=CC4CCC5OC5C4)cc3)C2O1. The Morgan fingerprint density at radius 3 is 2.35 bits per heavy atom. The number of aliphatic hydroxyl groups excluding tert-OH is 1. The molecule has 2 N–H and O–H groups in total. The van der Waals surface area contributed by atoms with Crippen LogP contribution in [0.5, 0.6) is 0 Å². The molecule has 1 aromatic rings. The number of esters is 2. The summed E-state index contributed by atoms with van der Waals surface area (Å²) in [6, 6.07) is 6.72. The largest absolute Gasteiger partial charge is 0.460 e. The van der Waals surface area contributed by atoms with E-state index in [0.29, 0.717) is 29.3 Å². The van der Waals surface area contributed by atoms with E-state index in [4.69, 9.17) is 23.7 Å². The number of unbranched alkanes of at least 4 members (excludes halogenated alkanes) is 4. The van der Waals surface area contributed by atoms with Gasteiger partial charge in [-0.3, -0.25) is 9.59 Å². The van der Waals surface area contributed by atoms with Crippen molar-refractivity contribution in [1.29, 1.82) is 0 Å². The van der Waals surface area contributed by atoms with Gasteiger partial charge in [-0.25, -0.2) is 4.79 Å². The summed E-state index contributed by atoms with van der Waals surface area (Å²) < 4.78 is 30.7. The summed E-state index contributed by atoms with van der Waals surface area (Å²) in [6.45, 7) is 9.36. The van der Waals surface area contributed by atoms with E-state index in [-0.39, 0.29) is 25.9 Å². The maximum absolute atomic E-state index is 13.7. The Hall–Kier alpha value is -3.05. The van der Waals surface area contributed by atoms with Crippen molar-refractivity contribution in [2.45, 2.75) is 172 Å². The van der Waals surface area contributed by atoms with Gasteiger partial charge in [0, 0.05) is 31.3 Å². The number of ether oxygens (including phenoxy) is 5. The monoisotopic (exact) mass is 723 g/mol. The molecule has 1 aromatic carbocycles. The molecule has 5 rings (SSSR count). The van der Waals surface area contributed by atoms with Crippen molar-refractivity contribution in [3.05, 3.63) is 53.1 Å². The molecule has 288 valence electrons. The fourth-order valence-corrected chi connectivity index (χ4v) is 7.56. The molecule has 2 saturated heterocycles. The summed E-state index contributed by atoms with van der Waals surface area (Å²) in [4.78, 5) is 39.7. The van der Waals surface area contributed by atoms with E-state index < -0.39 is 53.6 Å². The molecule has 4 aliphatic rings. The molecule has 0 aromatic heterocycles. The molecule has 0 radical (unpaired) electrons.